The van der Waals surface area contributed by atoms with Crippen LogP contribution in [0.5, 0.6) is 0 Å². The van der Waals surface area contributed by atoms with Gasteiger partial charge in [-0.05, 0) is 18.6 Å². The second kappa shape index (κ2) is 6.84. The van der Waals surface area contributed by atoms with Crippen LogP contribution in [0, 0.1) is 6.92 Å². The van der Waals surface area contributed by atoms with E-state index in [0.29, 0.717) is 18.8 Å². The van der Waals surface area contributed by atoms with Crippen LogP contribution in [0.1, 0.15) is 27.4 Å². The molecule has 2 aromatic carbocycles. The molecule has 2 heterocycles. The molecule has 0 saturated heterocycles. The number of aromatic amines is 2. The Bertz CT molecular complexity index is 1030. The Balaban J connectivity index is 1.69. The van der Waals surface area contributed by atoms with Gasteiger partial charge in [-0.25, -0.2) is 4.98 Å². The lowest BCUT2D eigenvalue weighted by Gasteiger charge is -2.21. The van der Waals surface area contributed by atoms with Crippen molar-refractivity contribution in [2.75, 3.05) is 0 Å². The predicted octanol–water partition coefficient (Wildman–Crippen LogP) is 3.44. The number of aryl methyl sites for hydroxylation is 1. The minimum Gasteiger partial charge on any atom is -0.348 e. The van der Waals surface area contributed by atoms with Crippen molar-refractivity contribution in [1.82, 2.24) is 25.1 Å². The Kier molecular flexibility index (Phi) is 4.23. The summed E-state index contributed by atoms with van der Waals surface area (Å²) in [6, 6.07) is 17.6. The van der Waals surface area contributed by atoms with E-state index < -0.39 is 0 Å². The maximum absolute atomic E-state index is 13.3. The molecule has 0 aliphatic carbocycles. The molecular formula is C20H19N5O. The van der Waals surface area contributed by atoms with Crippen LogP contribution in [0.25, 0.3) is 10.9 Å². The van der Waals surface area contributed by atoms with E-state index in [9.17, 15) is 4.79 Å². The summed E-state index contributed by atoms with van der Waals surface area (Å²) in [6.45, 7) is 2.87. The van der Waals surface area contributed by atoms with Gasteiger partial charge in [0.2, 0.25) is 0 Å². The first kappa shape index (κ1) is 16.1. The van der Waals surface area contributed by atoms with Crippen LogP contribution in [-0.2, 0) is 13.1 Å². The molecule has 0 spiro atoms. The summed E-state index contributed by atoms with van der Waals surface area (Å²) in [7, 11) is 0. The summed E-state index contributed by atoms with van der Waals surface area (Å²) < 4.78 is 0. The first-order chi connectivity index (χ1) is 12.7. The van der Waals surface area contributed by atoms with E-state index in [1.165, 1.54) is 0 Å². The van der Waals surface area contributed by atoms with Crippen molar-refractivity contribution in [3.05, 3.63) is 83.6 Å². The summed E-state index contributed by atoms with van der Waals surface area (Å²) >= 11 is 0. The first-order valence-corrected chi connectivity index (χ1v) is 8.47. The van der Waals surface area contributed by atoms with E-state index in [1.54, 1.807) is 11.2 Å². The molecular weight excluding hydrogens is 326 g/mol. The fourth-order valence-electron chi connectivity index (χ4n) is 3.01. The lowest BCUT2D eigenvalue weighted by molar-refractivity contribution is 0.0723. The topological polar surface area (TPSA) is 77.7 Å². The third kappa shape index (κ3) is 3.09. The smallest absolute Gasteiger partial charge is 0.275 e. The zero-order valence-electron chi connectivity index (χ0n) is 14.4. The van der Waals surface area contributed by atoms with Crippen molar-refractivity contribution in [3.8, 4) is 0 Å². The molecule has 0 aliphatic rings. The Hall–Kier alpha value is -3.41. The molecule has 0 saturated carbocycles. The Morgan fingerprint density at radius 2 is 1.81 bits per heavy atom. The summed E-state index contributed by atoms with van der Waals surface area (Å²) in [5.41, 5.74) is 4.17. The van der Waals surface area contributed by atoms with E-state index in [1.807, 2.05) is 61.5 Å². The number of hydrogen-bond donors (Lipinski definition) is 2. The average Bonchev–Trinajstić information content (AvgIpc) is 3.28. The number of para-hydroxylation sites is 1. The zero-order chi connectivity index (χ0) is 17.9. The quantitative estimate of drug-likeness (QED) is 0.582. The first-order valence-electron chi connectivity index (χ1n) is 8.47. The minimum absolute atomic E-state index is 0.117. The van der Waals surface area contributed by atoms with E-state index in [4.69, 9.17) is 0 Å². The van der Waals surface area contributed by atoms with Crippen LogP contribution >= 0.6 is 0 Å². The van der Waals surface area contributed by atoms with Crippen molar-refractivity contribution in [1.29, 1.82) is 0 Å². The largest absolute Gasteiger partial charge is 0.348 e. The number of carbonyl (C=O) groups is 1. The van der Waals surface area contributed by atoms with Gasteiger partial charge in [0.1, 0.15) is 0 Å². The van der Waals surface area contributed by atoms with Crippen molar-refractivity contribution >= 4 is 16.8 Å². The average molecular weight is 345 g/mol. The van der Waals surface area contributed by atoms with Gasteiger partial charge < -0.3 is 9.88 Å². The Morgan fingerprint density at radius 1 is 1.04 bits per heavy atom. The molecule has 0 radical (unpaired) electrons. The standard InChI is InChI=1S/C20H19N5O/c1-14-18(22-13-21-14)12-25(11-15-7-3-2-4-8-15)20(26)19-16-9-5-6-10-17(16)23-24-19/h2-10,13H,11-12H2,1H3,(H,21,22)(H,23,24). The number of aromatic nitrogens is 4. The monoisotopic (exact) mass is 345 g/mol. The van der Waals surface area contributed by atoms with Gasteiger partial charge in [-0.2, -0.15) is 5.10 Å². The van der Waals surface area contributed by atoms with Crippen LogP contribution in [-0.4, -0.2) is 31.0 Å². The molecule has 2 aromatic heterocycles. The van der Waals surface area contributed by atoms with Gasteiger partial charge in [-0.15, -0.1) is 0 Å². The maximum atomic E-state index is 13.3. The maximum Gasteiger partial charge on any atom is 0.275 e. The number of amides is 1. The zero-order valence-corrected chi connectivity index (χ0v) is 14.4. The van der Waals surface area contributed by atoms with Gasteiger partial charge in [-0.1, -0.05) is 48.5 Å². The molecule has 0 unspecified atom stereocenters. The summed E-state index contributed by atoms with van der Waals surface area (Å²) in [5.74, 6) is -0.117. The molecule has 0 bridgehead atoms. The van der Waals surface area contributed by atoms with E-state index in [2.05, 4.69) is 20.2 Å². The highest BCUT2D eigenvalue weighted by atomic mass is 16.2. The number of imidazole rings is 1. The molecule has 0 atom stereocenters. The number of hydrogen-bond acceptors (Lipinski definition) is 3. The van der Waals surface area contributed by atoms with Crippen molar-refractivity contribution in [3.63, 3.8) is 0 Å². The number of rotatable bonds is 5. The van der Waals surface area contributed by atoms with Gasteiger partial charge in [0.05, 0.1) is 24.1 Å². The summed E-state index contributed by atoms with van der Waals surface area (Å²) in [5, 5.41) is 8.03. The molecule has 0 fully saturated rings. The molecule has 6 heteroatoms. The molecule has 130 valence electrons. The van der Waals surface area contributed by atoms with Crippen LogP contribution in [0.3, 0.4) is 0 Å². The lowest BCUT2D eigenvalue weighted by Crippen LogP contribution is -2.31. The van der Waals surface area contributed by atoms with Gasteiger partial charge in [0, 0.05) is 17.6 Å². The molecule has 2 N–H and O–H groups in total. The van der Waals surface area contributed by atoms with Crippen LogP contribution in [0.15, 0.2) is 60.9 Å². The lowest BCUT2D eigenvalue weighted by atomic mass is 10.1. The van der Waals surface area contributed by atoms with Gasteiger partial charge in [-0.3, -0.25) is 9.89 Å². The van der Waals surface area contributed by atoms with Crippen LogP contribution < -0.4 is 0 Å². The van der Waals surface area contributed by atoms with Gasteiger partial charge >= 0.3 is 0 Å². The van der Waals surface area contributed by atoms with Gasteiger partial charge in [0.25, 0.3) is 5.91 Å². The summed E-state index contributed by atoms with van der Waals surface area (Å²) in [4.78, 5) is 22.5. The number of nitrogens with zero attached hydrogens (tertiary/aromatic N) is 3. The fraction of sp³-hybridized carbons (Fsp3) is 0.150. The highest BCUT2D eigenvalue weighted by Gasteiger charge is 2.22. The molecule has 26 heavy (non-hydrogen) atoms. The normalized spacial score (nSPS) is 11.0. The SMILES string of the molecule is Cc1[nH]cnc1CN(Cc1ccccc1)C(=O)c1n[nH]c2ccccc12. The molecule has 6 nitrogen and oxygen atoms in total. The third-order valence-electron chi connectivity index (χ3n) is 4.45. The fourth-order valence-corrected chi connectivity index (χ4v) is 3.01. The number of carbonyl (C=O) groups excluding carboxylic acids is 1. The van der Waals surface area contributed by atoms with Crippen LogP contribution in [0.2, 0.25) is 0 Å². The Labute approximate surface area is 150 Å². The van der Waals surface area contributed by atoms with E-state index in [-0.39, 0.29) is 5.91 Å². The predicted molar refractivity (Wildman–Crippen MR) is 99.4 cm³/mol. The van der Waals surface area contributed by atoms with Crippen LogP contribution in [0.4, 0.5) is 0 Å². The number of fused-ring (bicyclic) bond motifs is 1. The third-order valence-corrected chi connectivity index (χ3v) is 4.45. The summed E-state index contributed by atoms with van der Waals surface area (Å²) in [6.07, 6.45) is 1.65. The molecule has 1 amide bonds. The highest BCUT2D eigenvalue weighted by Crippen LogP contribution is 2.20. The van der Waals surface area contributed by atoms with Crippen molar-refractivity contribution in [2.45, 2.75) is 20.0 Å². The molecule has 4 rings (SSSR count). The molecule has 4 aromatic rings. The van der Waals surface area contributed by atoms with Crippen molar-refractivity contribution < 1.29 is 4.79 Å². The minimum atomic E-state index is -0.117. The second-order valence-corrected chi connectivity index (χ2v) is 6.24. The highest BCUT2D eigenvalue weighted by molar-refractivity contribution is 6.04. The number of H-pyrrole nitrogens is 2. The van der Waals surface area contributed by atoms with E-state index >= 15 is 0 Å². The number of benzene rings is 2. The Morgan fingerprint density at radius 3 is 2.58 bits per heavy atom. The van der Waals surface area contributed by atoms with Crippen molar-refractivity contribution in [2.24, 2.45) is 0 Å². The van der Waals surface area contributed by atoms with Gasteiger partial charge in [0.15, 0.2) is 5.69 Å². The molecule has 0 aliphatic heterocycles. The second-order valence-electron chi connectivity index (χ2n) is 6.24. The number of nitrogens with one attached hydrogen (secondary N) is 2. The van der Waals surface area contributed by atoms with E-state index in [0.717, 1.165) is 27.9 Å².